The first-order valence-electron chi connectivity index (χ1n) is 3.53. The molecule has 3 fully saturated rings. The summed E-state index contributed by atoms with van der Waals surface area (Å²) in [7, 11) is 0. The van der Waals surface area contributed by atoms with Crippen molar-refractivity contribution >= 4 is 0 Å². The first kappa shape index (κ1) is 5.46. The molecule has 3 saturated heterocycles. The molecule has 4 heteroatoms. The van der Waals surface area contributed by atoms with Gasteiger partial charge in [-0.05, 0) is 0 Å². The molecule has 10 heavy (non-hydrogen) atoms. The molecule has 56 valence electrons. The van der Waals surface area contributed by atoms with E-state index in [1.807, 2.05) is 0 Å². The third-order valence-electron chi connectivity index (χ3n) is 2.39. The van der Waals surface area contributed by atoms with Crippen LogP contribution in [0.2, 0.25) is 0 Å². The molecule has 0 aliphatic carbocycles. The lowest BCUT2D eigenvalue weighted by Gasteiger charge is -2.18. The van der Waals surface area contributed by atoms with Crippen LogP contribution >= 0.6 is 0 Å². The molecule has 0 aromatic heterocycles. The van der Waals surface area contributed by atoms with Crippen molar-refractivity contribution in [3.8, 4) is 0 Å². The van der Waals surface area contributed by atoms with Gasteiger partial charge in [0.15, 0.2) is 6.29 Å². The standard InChI is InChI=1S/C6H8FNO2/c7-3-2-1-9-6(10-2)5-4(3)8-5/h2-6,8H,1H2/t2-,3+,4+,5+,6-/m1/s1. The van der Waals surface area contributed by atoms with Gasteiger partial charge in [-0.25, -0.2) is 4.39 Å². The number of halogens is 1. The molecular weight excluding hydrogens is 137 g/mol. The van der Waals surface area contributed by atoms with Crippen LogP contribution in [-0.2, 0) is 9.47 Å². The predicted molar refractivity (Wildman–Crippen MR) is 30.2 cm³/mol. The Morgan fingerprint density at radius 3 is 3.20 bits per heavy atom. The molecule has 3 rings (SSSR count). The second kappa shape index (κ2) is 1.52. The first-order chi connectivity index (χ1) is 4.86. The minimum atomic E-state index is -0.858. The van der Waals surface area contributed by atoms with Crippen molar-refractivity contribution in [2.45, 2.75) is 30.6 Å². The molecule has 1 N–H and O–H groups in total. The minimum Gasteiger partial charge on any atom is -0.348 e. The van der Waals surface area contributed by atoms with Crippen molar-refractivity contribution in [1.29, 1.82) is 0 Å². The van der Waals surface area contributed by atoms with Gasteiger partial charge in [0, 0.05) is 0 Å². The Hall–Kier alpha value is -0.190. The molecule has 0 radical (unpaired) electrons. The molecule has 3 nitrogen and oxygen atoms in total. The maximum atomic E-state index is 13.0. The zero-order valence-electron chi connectivity index (χ0n) is 5.29. The van der Waals surface area contributed by atoms with E-state index in [0.717, 1.165) is 0 Å². The Labute approximate surface area is 57.5 Å². The van der Waals surface area contributed by atoms with Crippen LogP contribution in [0.5, 0.6) is 0 Å². The molecule has 3 heterocycles. The number of rotatable bonds is 0. The summed E-state index contributed by atoms with van der Waals surface area (Å²) in [5.41, 5.74) is 0. The second-order valence-electron chi connectivity index (χ2n) is 3.04. The predicted octanol–water partition coefficient (Wildman–Crippen LogP) is -0.580. The highest BCUT2D eigenvalue weighted by atomic mass is 19.1. The summed E-state index contributed by atoms with van der Waals surface area (Å²) in [6.45, 7) is 0.431. The summed E-state index contributed by atoms with van der Waals surface area (Å²) in [5.74, 6) is 0. The monoisotopic (exact) mass is 145 g/mol. The number of alkyl halides is 1. The van der Waals surface area contributed by atoms with Crippen molar-refractivity contribution in [2.75, 3.05) is 6.61 Å². The van der Waals surface area contributed by atoms with Crippen molar-refractivity contribution in [2.24, 2.45) is 0 Å². The van der Waals surface area contributed by atoms with Crippen molar-refractivity contribution < 1.29 is 13.9 Å². The molecule has 2 bridgehead atoms. The second-order valence-corrected chi connectivity index (χ2v) is 3.04. The fourth-order valence-electron chi connectivity index (χ4n) is 1.73. The van der Waals surface area contributed by atoms with E-state index >= 15 is 0 Å². The molecule has 3 aliphatic rings. The Morgan fingerprint density at radius 2 is 2.30 bits per heavy atom. The van der Waals surface area contributed by atoms with Gasteiger partial charge < -0.3 is 14.8 Å². The molecule has 5 atom stereocenters. The van der Waals surface area contributed by atoms with Crippen LogP contribution in [0.1, 0.15) is 0 Å². The zero-order chi connectivity index (χ0) is 6.72. The Bertz CT molecular complexity index is 175. The van der Waals surface area contributed by atoms with Crippen molar-refractivity contribution in [1.82, 2.24) is 5.32 Å². The molecule has 0 saturated carbocycles. The molecule has 0 unspecified atom stereocenters. The lowest BCUT2D eigenvalue weighted by atomic mass is 10.1. The summed E-state index contributed by atoms with van der Waals surface area (Å²) in [6, 6.07) is 0.153. The van der Waals surface area contributed by atoms with E-state index in [-0.39, 0.29) is 24.5 Å². The van der Waals surface area contributed by atoms with E-state index in [9.17, 15) is 4.39 Å². The van der Waals surface area contributed by atoms with E-state index in [1.54, 1.807) is 0 Å². The fraction of sp³-hybridized carbons (Fsp3) is 1.00. The highest BCUT2D eigenvalue weighted by Crippen LogP contribution is 2.37. The van der Waals surface area contributed by atoms with Gasteiger partial charge in [0.25, 0.3) is 0 Å². The molecule has 0 aromatic rings. The first-order valence-corrected chi connectivity index (χ1v) is 3.53. The maximum Gasteiger partial charge on any atom is 0.175 e. The molecule has 0 amide bonds. The smallest absolute Gasteiger partial charge is 0.175 e. The van der Waals surface area contributed by atoms with Crippen LogP contribution in [0.3, 0.4) is 0 Å². The van der Waals surface area contributed by atoms with Crippen molar-refractivity contribution in [3.63, 3.8) is 0 Å². The largest absolute Gasteiger partial charge is 0.348 e. The minimum absolute atomic E-state index is 0.0197. The summed E-state index contributed by atoms with van der Waals surface area (Å²) in [6.07, 6.45) is -1.33. The molecule has 3 aliphatic heterocycles. The Morgan fingerprint density at radius 1 is 1.40 bits per heavy atom. The SMILES string of the molecule is F[C@@H]1[C@@H]2N[C@@H]2[C@@H]2OC[C@H]1O2. The number of hydrogen-bond acceptors (Lipinski definition) is 3. The van der Waals surface area contributed by atoms with Crippen LogP contribution in [0.25, 0.3) is 0 Å². The van der Waals surface area contributed by atoms with E-state index in [2.05, 4.69) is 5.32 Å². The lowest BCUT2D eigenvalue weighted by Crippen LogP contribution is -2.36. The van der Waals surface area contributed by atoms with Gasteiger partial charge in [0.05, 0.1) is 18.7 Å². The van der Waals surface area contributed by atoms with Gasteiger partial charge in [0.2, 0.25) is 0 Å². The van der Waals surface area contributed by atoms with Crippen molar-refractivity contribution in [3.05, 3.63) is 0 Å². The maximum absolute atomic E-state index is 13.0. The third kappa shape index (κ3) is 0.504. The number of fused-ring (bicyclic) bond motifs is 4. The summed E-state index contributed by atoms with van der Waals surface area (Å²) >= 11 is 0. The summed E-state index contributed by atoms with van der Waals surface area (Å²) in [4.78, 5) is 0. The average molecular weight is 145 g/mol. The van der Waals surface area contributed by atoms with E-state index in [0.29, 0.717) is 6.61 Å². The third-order valence-corrected chi connectivity index (χ3v) is 2.39. The highest BCUT2D eigenvalue weighted by Gasteiger charge is 2.59. The van der Waals surface area contributed by atoms with Crippen LogP contribution in [0.4, 0.5) is 4.39 Å². The topological polar surface area (TPSA) is 40.4 Å². The number of hydrogen-bond donors (Lipinski definition) is 1. The molecule has 0 spiro atoms. The fourth-order valence-corrected chi connectivity index (χ4v) is 1.73. The van der Waals surface area contributed by atoms with E-state index < -0.39 is 6.17 Å². The number of ether oxygens (including phenoxy) is 2. The highest BCUT2D eigenvalue weighted by molar-refractivity contribution is 5.12. The normalized spacial score (nSPS) is 63.9. The summed E-state index contributed by atoms with van der Waals surface area (Å²) < 4.78 is 23.4. The van der Waals surface area contributed by atoms with Gasteiger partial charge in [0.1, 0.15) is 12.3 Å². The lowest BCUT2D eigenvalue weighted by molar-refractivity contribution is -0.0873. The number of nitrogens with one attached hydrogen (secondary N) is 1. The van der Waals surface area contributed by atoms with Gasteiger partial charge >= 0.3 is 0 Å². The van der Waals surface area contributed by atoms with Gasteiger partial charge in [-0.1, -0.05) is 0 Å². The van der Waals surface area contributed by atoms with Gasteiger partial charge in [-0.3, -0.25) is 0 Å². The van der Waals surface area contributed by atoms with Gasteiger partial charge in [-0.15, -0.1) is 0 Å². The van der Waals surface area contributed by atoms with Gasteiger partial charge in [-0.2, -0.15) is 0 Å². The average Bonchev–Trinajstić information content (AvgIpc) is 2.61. The van der Waals surface area contributed by atoms with Crippen LogP contribution in [-0.4, -0.2) is 37.3 Å². The molecular formula is C6H8FNO2. The Balaban J connectivity index is 1.91. The summed E-state index contributed by atoms with van der Waals surface area (Å²) in [5, 5.41) is 2.99. The molecule has 0 aromatic carbocycles. The van der Waals surface area contributed by atoms with E-state index in [4.69, 9.17) is 9.47 Å². The zero-order valence-corrected chi connectivity index (χ0v) is 5.29. The van der Waals surface area contributed by atoms with Crippen LogP contribution in [0.15, 0.2) is 0 Å². The quantitative estimate of drug-likeness (QED) is 0.463. The van der Waals surface area contributed by atoms with E-state index in [1.165, 1.54) is 0 Å². The van der Waals surface area contributed by atoms with Crippen LogP contribution < -0.4 is 5.32 Å². The van der Waals surface area contributed by atoms with Crippen LogP contribution in [0, 0.1) is 0 Å². The Kier molecular flexibility index (Phi) is 0.829.